The Kier molecular flexibility index (Phi) is 37.2. The second kappa shape index (κ2) is 36.3. The zero-order valence-corrected chi connectivity index (χ0v) is 27.9. The molecule has 0 heterocycles. The van der Waals surface area contributed by atoms with Crippen molar-refractivity contribution in [3.63, 3.8) is 0 Å². The highest BCUT2D eigenvalue weighted by atomic mass is 32.1. The molecular weight excluding hydrogens is 622 g/mol. The smallest absolute Gasteiger partial charge is 0.306 e. The minimum absolute atomic E-state index is 0.0778. The Labute approximate surface area is 278 Å². The minimum atomic E-state index is -1.04. The molecular formula is C31H57N3O11S. The molecule has 0 fully saturated rings. The number of unbranched alkanes of at least 4 members (excludes halogenated alkanes) is 13. The summed E-state index contributed by atoms with van der Waals surface area (Å²) >= 11 is 3.58. The zero-order valence-electron chi connectivity index (χ0n) is 27.0. The summed E-state index contributed by atoms with van der Waals surface area (Å²) in [7, 11) is 0. The lowest BCUT2D eigenvalue weighted by Gasteiger charge is -2.13. The van der Waals surface area contributed by atoms with Crippen molar-refractivity contribution in [3.8, 4) is 0 Å². The average Bonchev–Trinajstić information content (AvgIpc) is 2.99. The van der Waals surface area contributed by atoms with Crippen LogP contribution in [0.5, 0.6) is 0 Å². The number of carbonyl (C=O) groups excluding carboxylic acids is 4. The third kappa shape index (κ3) is 37.0. The first kappa shape index (κ1) is 47.2. The molecule has 0 saturated carbocycles. The molecule has 268 valence electrons. The SMILES string of the molecule is NC=O.O=C(O)CCCCCCCCCCCCCCCCC(CCC(=O)NCCCC(=O)NC(CO)C(=O)S)C(=O)O.O=CO. The molecule has 8 N–H and O–H groups in total. The second-order valence-electron chi connectivity index (χ2n) is 10.8. The number of aliphatic carboxylic acids is 2. The number of hydrogen-bond acceptors (Lipinski definition) is 8. The number of amides is 3. The first-order valence-electron chi connectivity index (χ1n) is 16.1. The van der Waals surface area contributed by atoms with Gasteiger partial charge in [0.1, 0.15) is 6.04 Å². The Balaban J connectivity index is -0.00000283. The van der Waals surface area contributed by atoms with Crippen LogP contribution in [0.4, 0.5) is 0 Å². The lowest BCUT2D eigenvalue weighted by Crippen LogP contribution is -2.41. The van der Waals surface area contributed by atoms with Crippen LogP contribution in [0.1, 0.15) is 128 Å². The minimum Gasteiger partial charge on any atom is -0.483 e. The van der Waals surface area contributed by atoms with E-state index in [1.54, 1.807) is 0 Å². The van der Waals surface area contributed by atoms with Crippen LogP contribution in [-0.4, -0.2) is 81.4 Å². The van der Waals surface area contributed by atoms with E-state index < -0.39 is 41.5 Å². The van der Waals surface area contributed by atoms with Crippen molar-refractivity contribution >= 4 is 54.4 Å². The van der Waals surface area contributed by atoms with Gasteiger partial charge in [-0.1, -0.05) is 83.5 Å². The van der Waals surface area contributed by atoms with Gasteiger partial charge in [-0.2, -0.15) is 0 Å². The maximum atomic E-state index is 12.1. The van der Waals surface area contributed by atoms with Gasteiger partial charge < -0.3 is 36.8 Å². The number of carboxylic acids is 2. The molecule has 3 amide bonds. The van der Waals surface area contributed by atoms with E-state index in [0.29, 0.717) is 12.8 Å². The molecule has 0 radical (unpaired) electrons. The molecule has 0 aromatic rings. The summed E-state index contributed by atoms with van der Waals surface area (Å²) in [5.41, 5.74) is 4.17. The average molecular weight is 680 g/mol. The first-order chi connectivity index (χ1) is 22.0. The molecule has 0 aliphatic heterocycles. The van der Waals surface area contributed by atoms with E-state index in [9.17, 15) is 29.1 Å². The van der Waals surface area contributed by atoms with Crippen molar-refractivity contribution in [2.24, 2.45) is 11.7 Å². The van der Waals surface area contributed by atoms with E-state index in [1.165, 1.54) is 44.9 Å². The van der Waals surface area contributed by atoms with Crippen LogP contribution < -0.4 is 16.4 Å². The fourth-order valence-electron chi connectivity index (χ4n) is 4.50. The second-order valence-corrected chi connectivity index (χ2v) is 11.2. The predicted molar refractivity (Wildman–Crippen MR) is 176 cm³/mol. The molecule has 0 aliphatic rings. The van der Waals surface area contributed by atoms with Gasteiger partial charge in [0, 0.05) is 25.8 Å². The fourth-order valence-corrected chi connectivity index (χ4v) is 4.65. The summed E-state index contributed by atoms with van der Waals surface area (Å²) < 4.78 is 0. The number of nitrogens with two attached hydrogens (primary N) is 1. The van der Waals surface area contributed by atoms with Crippen LogP contribution in [0.3, 0.4) is 0 Å². The maximum absolute atomic E-state index is 12.1. The van der Waals surface area contributed by atoms with Crippen LogP contribution in [0.25, 0.3) is 0 Å². The number of aliphatic hydroxyl groups is 1. The van der Waals surface area contributed by atoms with Crippen LogP contribution in [-0.2, 0) is 33.6 Å². The molecule has 0 saturated heterocycles. The molecule has 2 unspecified atom stereocenters. The molecule has 0 aromatic carbocycles. The third-order valence-corrected chi connectivity index (χ3v) is 7.29. The van der Waals surface area contributed by atoms with E-state index in [1.807, 2.05) is 0 Å². The standard InChI is InChI=1S/C29H52N2O8S.CH3NO.CH2O2/c32-22-24(29(39)40)31-26(34)17-15-21-30-25(33)20-19-23(28(37)38)16-13-11-9-7-5-3-1-2-4-6-8-10-12-14-18-27(35)36;2*2-1-3/h23-24,32H,1-22H2,(H,30,33)(H,31,34)(H,35,36)(H,37,38)(H,39,40);1H,(H2,2,3);1H,(H,2,3). The maximum Gasteiger partial charge on any atom is 0.306 e. The highest BCUT2D eigenvalue weighted by Crippen LogP contribution is 2.18. The quantitative estimate of drug-likeness (QED) is 0.0338. The van der Waals surface area contributed by atoms with Crippen molar-refractivity contribution in [1.82, 2.24) is 10.6 Å². The molecule has 0 aliphatic carbocycles. The molecule has 2 atom stereocenters. The van der Waals surface area contributed by atoms with Gasteiger partial charge in [-0.05, 0) is 25.7 Å². The molecule has 15 heteroatoms. The van der Waals surface area contributed by atoms with Crippen molar-refractivity contribution in [1.29, 1.82) is 0 Å². The summed E-state index contributed by atoms with van der Waals surface area (Å²) in [6.45, 7) is -0.517. The van der Waals surface area contributed by atoms with Crippen LogP contribution >= 0.6 is 12.6 Å². The van der Waals surface area contributed by atoms with E-state index in [0.717, 1.165) is 44.9 Å². The molecule has 0 aromatic heterocycles. The molecule has 46 heavy (non-hydrogen) atoms. The van der Waals surface area contributed by atoms with Crippen molar-refractivity contribution in [3.05, 3.63) is 0 Å². The molecule has 0 bridgehead atoms. The Hall–Kier alpha value is -3.20. The van der Waals surface area contributed by atoms with Gasteiger partial charge in [0.15, 0.2) is 0 Å². The normalized spacial score (nSPS) is 11.3. The summed E-state index contributed by atoms with van der Waals surface area (Å²) in [5.74, 6) is -2.79. The lowest BCUT2D eigenvalue weighted by molar-refractivity contribution is -0.142. The Morgan fingerprint density at radius 2 is 1.11 bits per heavy atom. The van der Waals surface area contributed by atoms with Crippen LogP contribution in [0.15, 0.2) is 0 Å². The number of hydrogen-bond donors (Lipinski definition) is 8. The lowest BCUT2D eigenvalue weighted by atomic mass is 9.95. The number of thiol groups is 1. The topological polar surface area (TPSA) is 250 Å². The highest BCUT2D eigenvalue weighted by molar-refractivity contribution is 7.96. The van der Waals surface area contributed by atoms with Gasteiger partial charge in [-0.15, -0.1) is 12.6 Å². The molecule has 14 nitrogen and oxygen atoms in total. The predicted octanol–water partition coefficient (Wildman–Crippen LogP) is 3.43. The monoisotopic (exact) mass is 679 g/mol. The first-order valence-corrected chi connectivity index (χ1v) is 16.5. The van der Waals surface area contributed by atoms with Crippen molar-refractivity contribution in [2.45, 2.75) is 134 Å². The number of carboxylic acid groups (broad SMARTS) is 3. The Bertz CT molecular complexity index is 826. The Morgan fingerprint density at radius 1 is 0.674 bits per heavy atom. The van der Waals surface area contributed by atoms with Gasteiger partial charge in [0.25, 0.3) is 6.47 Å². The van der Waals surface area contributed by atoms with Crippen molar-refractivity contribution < 1.29 is 54.0 Å². The fraction of sp³-hybridized carbons (Fsp3) is 0.774. The third-order valence-electron chi connectivity index (χ3n) is 6.98. The summed E-state index contributed by atoms with van der Waals surface area (Å²) in [4.78, 5) is 73.9. The highest BCUT2D eigenvalue weighted by Gasteiger charge is 2.19. The van der Waals surface area contributed by atoms with Crippen LogP contribution in [0, 0.1) is 5.92 Å². The summed E-state index contributed by atoms with van der Waals surface area (Å²) in [6, 6.07) is -1.04. The van der Waals surface area contributed by atoms with E-state index in [-0.39, 0.29) is 51.0 Å². The molecule has 0 spiro atoms. The number of primary amides is 1. The largest absolute Gasteiger partial charge is 0.483 e. The number of rotatable bonds is 28. The zero-order chi connectivity index (χ0) is 35.4. The summed E-state index contributed by atoms with van der Waals surface area (Å²) in [6.07, 6.45) is 17.5. The number of nitrogens with one attached hydrogen (secondary N) is 2. The van der Waals surface area contributed by atoms with Crippen molar-refractivity contribution in [2.75, 3.05) is 13.2 Å². The van der Waals surface area contributed by atoms with Gasteiger partial charge in [0.2, 0.25) is 23.3 Å². The Morgan fingerprint density at radius 3 is 1.50 bits per heavy atom. The van der Waals surface area contributed by atoms with Crippen LogP contribution in [0.2, 0.25) is 0 Å². The summed E-state index contributed by atoms with van der Waals surface area (Å²) in [5, 5.41) is 38.4. The van der Waals surface area contributed by atoms with Gasteiger partial charge >= 0.3 is 11.9 Å². The van der Waals surface area contributed by atoms with E-state index in [4.69, 9.17) is 24.9 Å². The van der Waals surface area contributed by atoms with E-state index in [2.05, 4.69) is 29.0 Å². The van der Waals surface area contributed by atoms with Gasteiger partial charge in [-0.3, -0.25) is 33.6 Å². The van der Waals surface area contributed by atoms with Gasteiger partial charge in [0.05, 0.1) is 12.5 Å². The number of aliphatic hydroxyl groups excluding tert-OH is 1. The van der Waals surface area contributed by atoms with Gasteiger partial charge in [-0.25, -0.2) is 0 Å². The molecule has 0 rings (SSSR count). The van der Waals surface area contributed by atoms with E-state index >= 15 is 0 Å². The number of carbonyl (C=O) groups is 7.